The quantitative estimate of drug-likeness (QED) is 0.292. The monoisotopic (exact) mass is 536 g/mol. The number of fused-ring (bicyclic) bond motifs is 6. The zero-order valence-corrected chi connectivity index (χ0v) is 23.4. The second kappa shape index (κ2) is 9.07. The van der Waals surface area contributed by atoms with E-state index in [0.717, 1.165) is 16.7 Å². The Kier molecular flexibility index (Phi) is 6.31. The average molecular weight is 537 g/mol. The Balaban J connectivity index is 1.69. The summed E-state index contributed by atoms with van der Waals surface area (Å²) in [5, 5.41) is 0. The lowest BCUT2D eigenvalue weighted by atomic mass is 9.41. The van der Waals surface area contributed by atoms with Crippen LogP contribution in [0, 0.1) is 34.0 Å². The maximum Gasteiger partial charge on any atom is 0.333 e. The fourth-order valence-corrected chi connectivity index (χ4v) is 7.90. The van der Waals surface area contributed by atoms with Gasteiger partial charge in [0, 0.05) is 39.9 Å². The van der Waals surface area contributed by atoms with E-state index < -0.39 is 58.2 Å². The summed E-state index contributed by atoms with van der Waals surface area (Å²) >= 11 is 0. The number of carbonyl (C=O) groups is 4. The van der Waals surface area contributed by atoms with Gasteiger partial charge in [0.25, 0.3) is 0 Å². The van der Waals surface area contributed by atoms with E-state index in [1.807, 2.05) is 26.8 Å². The number of hydrogen-bond donors (Lipinski definition) is 0. The van der Waals surface area contributed by atoms with Crippen LogP contribution in [0.1, 0.15) is 65.5 Å². The van der Waals surface area contributed by atoms with Gasteiger partial charge in [0.05, 0.1) is 25.6 Å². The summed E-state index contributed by atoms with van der Waals surface area (Å²) in [7, 11) is 1.33. The highest BCUT2D eigenvalue weighted by Crippen LogP contribution is 2.67. The van der Waals surface area contributed by atoms with Crippen molar-refractivity contribution in [2.24, 2.45) is 34.0 Å². The number of rotatable bonds is 5. The minimum Gasteiger partial charge on any atom is -0.472 e. The number of furan rings is 1. The Morgan fingerprint density at radius 3 is 2.51 bits per heavy atom. The summed E-state index contributed by atoms with van der Waals surface area (Å²) in [5.74, 6) is -3.00. The molecule has 0 amide bonds. The SMILES string of the molecule is C=C(C)C(=O)O[C@@H]1C2C=C3C4=CC(=O)O[C@@H](c5ccoc5)[C@]4(C)CCC3[C@](C)(C2=O)C(CC(=O)OC)C1(C)C. The summed E-state index contributed by atoms with van der Waals surface area (Å²) in [6.07, 6.45) is 6.54. The van der Waals surface area contributed by atoms with Crippen molar-refractivity contribution in [3.05, 3.63) is 59.6 Å². The molecule has 2 fully saturated rings. The number of hydrogen-bond acceptors (Lipinski definition) is 8. The van der Waals surface area contributed by atoms with Crippen LogP contribution < -0.4 is 0 Å². The number of allylic oxidation sites excluding steroid dienone is 1. The first-order valence-corrected chi connectivity index (χ1v) is 13.4. The second-order valence-electron chi connectivity index (χ2n) is 12.5. The lowest BCUT2D eigenvalue weighted by Crippen LogP contribution is -2.66. The molecule has 7 atom stereocenters. The summed E-state index contributed by atoms with van der Waals surface area (Å²) in [4.78, 5) is 52.7. The molecule has 3 aliphatic carbocycles. The normalized spacial score (nSPS) is 36.4. The molecule has 1 aromatic heterocycles. The van der Waals surface area contributed by atoms with Gasteiger partial charge in [0.1, 0.15) is 18.0 Å². The molecule has 0 saturated heterocycles. The fraction of sp³-hybridized carbons (Fsp3) is 0.548. The van der Waals surface area contributed by atoms with E-state index in [1.54, 1.807) is 31.6 Å². The van der Waals surface area contributed by atoms with Gasteiger partial charge in [-0.05, 0) is 48.8 Å². The predicted molar refractivity (Wildman–Crippen MR) is 140 cm³/mol. The number of Topliss-reactive ketones (excluding diaryl/α,β-unsaturated/α-hetero) is 1. The highest BCUT2D eigenvalue weighted by molar-refractivity contribution is 5.95. The van der Waals surface area contributed by atoms with Gasteiger partial charge in [-0.15, -0.1) is 0 Å². The van der Waals surface area contributed by atoms with Crippen LogP contribution in [0.5, 0.6) is 0 Å². The summed E-state index contributed by atoms with van der Waals surface area (Å²) in [6, 6.07) is 1.80. The number of carbonyl (C=O) groups excluding carboxylic acids is 4. The van der Waals surface area contributed by atoms with Gasteiger partial charge in [-0.1, -0.05) is 40.3 Å². The van der Waals surface area contributed by atoms with Crippen molar-refractivity contribution in [3.8, 4) is 0 Å². The van der Waals surface area contributed by atoms with Crippen LogP contribution in [-0.2, 0) is 33.4 Å². The van der Waals surface area contributed by atoms with E-state index in [1.165, 1.54) is 7.11 Å². The maximum atomic E-state index is 14.3. The Morgan fingerprint density at radius 2 is 1.90 bits per heavy atom. The molecule has 208 valence electrons. The zero-order chi connectivity index (χ0) is 28.5. The molecule has 0 radical (unpaired) electrons. The molecule has 1 aromatic rings. The molecule has 0 spiro atoms. The van der Waals surface area contributed by atoms with E-state index >= 15 is 0 Å². The first-order chi connectivity index (χ1) is 18.3. The van der Waals surface area contributed by atoms with Crippen LogP contribution in [0.25, 0.3) is 0 Å². The minimum absolute atomic E-state index is 0.000631. The molecule has 8 nitrogen and oxygen atoms in total. The molecule has 2 bridgehead atoms. The second-order valence-corrected chi connectivity index (χ2v) is 12.5. The highest BCUT2D eigenvalue weighted by Gasteiger charge is 2.68. The van der Waals surface area contributed by atoms with Crippen LogP contribution in [-0.4, -0.2) is 36.9 Å². The number of methoxy groups -OCH3 is 1. The Bertz CT molecular complexity index is 1310. The van der Waals surface area contributed by atoms with Crippen molar-refractivity contribution in [1.29, 1.82) is 0 Å². The van der Waals surface area contributed by atoms with E-state index in [4.69, 9.17) is 18.6 Å². The molecule has 39 heavy (non-hydrogen) atoms. The van der Waals surface area contributed by atoms with Gasteiger partial charge in [0.15, 0.2) is 0 Å². The zero-order valence-electron chi connectivity index (χ0n) is 23.4. The molecule has 2 heterocycles. The molecule has 5 rings (SSSR count). The smallest absolute Gasteiger partial charge is 0.333 e. The van der Waals surface area contributed by atoms with E-state index in [9.17, 15) is 19.2 Å². The lowest BCUT2D eigenvalue weighted by Gasteiger charge is -2.62. The first kappa shape index (κ1) is 27.2. The maximum absolute atomic E-state index is 14.3. The number of cyclic esters (lactones) is 1. The van der Waals surface area contributed by atoms with Crippen molar-refractivity contribution in [2.45, 2.75) is 66.1 Å². The third kappa shape index (κ3) is 3.85. The van der Waals surface area contributed by atoms with E-state index in [2.05, 4.69) is 13.5 Å². The van der Waals surface area contributed by atoms with Crippen molar-refractivity contribution in [1.82, 2.24) is 0 Å². The molecular weight excluding hydrogens is 500 g/mol. The average Bonchev–Trinajstić information content (AvgIpc) is 3.41. The van der Waals surface area contributed by atoms with Gasteiger partial charge in [-0.2, -0.15) is 0 Å². The standard InChI is InChI=1S/C31H36O8/c1-16(2)28(35)39-27-19-12-18-20(31(6,25(19)34)22(29(27,3)4)14-23(32)36-7)8-10-30(5)21(18)13-24(33)38-26(30)17-9-11-37-15-17/h9,11-13,15,19-20,22,26-27H,1,8,10,14H2,2-7H3/t19?,20?,22?,26-,27+,30+,31-/m0/s1. The molecular formula is C31H36O8. The van der Waals surface area contributed by atoms with Crippen LogP contribution in [0.4, 0.5) is 0 Å². The highest BCUT2D eigenvalue weighted by atomic mass is 16.6. The minimum atomic E-state index is -0.951. The van der Waals surface area contributed by atoms with Crippen LogP contribution >= 0.6 is 0 Å². The van der Waals surface area contributed by atoms with Crippen molar-refractivity contribution in [2.75, 3.05) is 7.11 Å². The van der Waals surface area contributed by atoms with Gasteiger partial charge in [0.2, 0.25) is 0 Å². The Labute approximate surface area is 228 Å². The number of ether oxygens (including phenoxy) is 3. The van der Waals surface area contributed by atoms with Gasteiger partial charge in [-0.3, -0.25) is 9.59 Å². The van der Waals surface area contributed by atoms with Gasteiger partial charge in [-0.25, -0.2) is 9.59 Å². The predicted octanol–water partition coefficient (Wildman–Crippen LogP) is 5.06. The number of esters is 3. The lowest BCUT2D eigenvalue weighted by molar-refractivity contribution is -0.189. The fourth-order valence-electron chi connectivity index (χ4n) is 7.90. The molecule has 0 N–H and O–H groups in total. The molecule has 8 heteroatoms. The van der Waals surface area contributed by atoms with Crippen molar-refractivity contribution >= 4 is 23.7 Å². The van der Waals surface area contributed by atoms with Crippen LogP contribution in [0.3, 0.4) is 0 Å². The number of ketones is 1. The Morgan fingerprint density at radius 1 is 1.18 bits per heavy atom. The van der Waals surface area contributed by atoms with Gasteiger partial charge < -0.3 is 18.6 Å². The molecule has 4 aliphatic rings. The summed E-state index contributed by atoms with van der Waals surface area (Å²) < 4.78 is 22.2. The van der Waals surface area contributed by atoms with Crippen LogP contribution in [0.2, 0.25) is 0 Å². The first-order valence-electron chi connectivity index (χ1n) is 13.4. The van der Waals surface area contributed by atoms with Gasteiger partial charge >= 0.3 is 17.9 Å². The molecule has 3 unspecified atom stereocenters. The summed E-state index contributed by atoms with van der Waals surface area (Å²) in [5.41, 5.74) is 0.467. The third-order valence-corrected chi connectivity index (χ3v) is 9.95. The topological polar surface area (TPSA) is 109 Å². The third-order valence-electron chi connectivity index (χ3n) is 9.95. The largest absolute Gasteiger partial charge is 0.472 e. The van der Waals surface area contributed by atoms with Crippen LogP contribution in [0.15, 0.2) is 58.5 Å². The van der Waals surface area contributed by atoms with Crippen molar-refractivity contribution < 1.29 is 37.8 Å². The molecule has 2 saturated carbocycles. The molecule has 1 aliphatic heterocycles. The van der Waals surface area contributed by atoms with Crippen molar-refractivity contribution in [3.63, 3.8) is 0 Å². The Hall–Kier alpha value is -3.42. The summed E-state index contributed by atoms with van der Waals surface area (Å²) in [6.45, 7) is 13.2. The molecule has 0 aromatic carbocycles. The van der Waals surface area contributed by atoms with E-state index in [-0.39, 0.29) is 23.7 Å². The van der Waals surface area contributed by atoms with E-state index in [0.29, 0.717) is 12.8 Å².